The van der Waals surface area contributed by atoms with Gasteiger partial charge in [0.15, 0.2) is 6.61 Å². The molecule has 6 nitrogen and oxygen atoms in total. The van der Waals surface area contributed by atoms with Gasteiger partial charge in [-0.2, -0.15) is 0 Å². The van der Waals surface area contributed by atoms with E-state index in [9.17, 15) is 13.2 Å². The maximum Gasteiger partial charge on any atom is 0.258 e. The van der Waals surface area contributed by atoms with Gasteiger partial charge >= 0.3 is 0 Å². The molecule has 2 saturated carbocycles. The van der Waals surface area contributed by atoms with Crippen molar-refractivity contribution in [2.75, 3.05) is 24.2 Å². The normalized spacial score (nSPS) is 25.5. The fourth-order valence-electron chi connectivity index (χ4n) is 3.76. The highest BCUT2D eigenvalue weighted by Crippen LogP contribution is 2.44. The number of nitrogens with one attached hydrogen (secondary N) is 1. The van der Waals surface area contributed by atoms with Crippen molar-refractivity contribution in [1.82, 2.24) is 5.32 Å². The summed E-state index contributed by atoms with van der Waals surface area (Å²) in [4.78, 5) is 12.0. The van der Waals surface area contributed by atoms with Crippen LogP contribution in [-0.2, 0) is 14.8 Å². The summed E-state index contributed by atoms with van der Waals surface area (Å²) in [6, 6.07) is 6.96. The number of sulfonamides is 1. The van der Waals surface area contributed by atoms with Crippen molar-refractivity contribution in [2.24, 2.45) is 11.8 Å². The Labute approximate surface area is 143 Å². The molecule has 132 valence electrons. The van der Waals surface area contributed by atoms with E-state index in [0.717, 1.165) is 18.6 Å². The topological polar surface area (TPSA) is 75.7 Å². The minimum atomic E-state index is -3.28. The van der Waals surface area contributed by atoms with Gasteiger partial charge in [-0.25, -0.2) is 8.42 Å². The quantitative estimate of drug-likeness (QED) is 0.846. The SMILES string of the molecule is CN(c1ccc(OCC(=O)N[C@@H]2C[C@H]3CC[C@H]2C3)cc1)S(C)(=O)=O. The van der Waals surface area contributed by atoms with Crippen LogP contribution in [0.1, 0.15) is 25.7 Å². The van der Waals surface area contributed by atoms with Crippen LogP contribution in [0.3, 0.4) is 0 Å². The molecule has 2 fully saturated rings. The summed E-state index contributed by atoms with van der Waals surface area (Å²) >= 11 is 0. The predicted molar refractivity (Wildman–Crippen MR) is 92.6 cm³/mol. The number of carbonyl (C=O) groups is 1. The lowest BCUT2D eigenvalue weighted by Crippen LogP contribution is -2.40. The van der Waals surface area contributed by atoms with E-state index in [2.05, 4.69) is 5.32 Å². The first-order valence-electron chi connectivity index (χ1n) is 8.29. The van der Waals surface area contributed by atoms with E-state index in [1.165, 1.54) is 30.6 Å². The fourth-order valence-corrected chi connectivity index (χ4v) is 4.27. The monoisotopic (exact) mass is 352 g/mol. The maximum atomic E-state index is 12.0. The van der Waals surface area contributed by atoms with Gasteiger partial charge in [-0.3, -0.25) is 9.10 Å². The van der Waals surface area contributed by atoms with Crippen molar-refractivity contribution in [3.63, 3.8) is 0 Å². The Balaban J connectivity index is 1.49. The highest BCUT2D eigenvalue weighted by Gasteiger charge is 2.40. The molecule has 24 heavy (non-hydrogen) atoms. The lowest BCUT2D eigenvalue weighted by Gasteiger charge is -2.22. The van der Waals surface area contributed by atoms with Gasteiger partial charge in [-0.15, -0.1) is 0 Å². The van der Waals surface area contributed by atoms with Gasteiger partial charge in [-0.1, -0.05) is 6.42 Å². The molecule has 1 aromatic rings. The molecule has 1 N–H and O–H groups in total. The maximum absolute atomic E-state index is 12.0. The number of fused-ring (bicyclic) bond motifs is 2. The summed E-state index contributed by atoms with van der Waals surface area (Å²) in [6.45, 7) is -0.0187. The molecule has 7 heteroatoms. The number of hydrogen-bond donors (Lipinski definition) is 1. The molecule has 2 aliphatic carbocycles. The molecular weight excluding hydrogens is 328 g/mol. The van der Waals surface area contributed by atoms with Crippen LogP contribution in [0.2, 0.25) is 0 Å². The molecule has 3 rings (SSSR count). The summed E-state index contributed by atoms with van der Waals surface area (Å²) in [5.74, 6) is 1.89. The van der Waals surface area contributed by atoms with Crippen LogP contribution in [0.15, 0.2) is 24.3 Å². The van der Waals surface area contributed by atoms with E-state index in [1.807, 2.05) is 0 Å². The van der Waals surface area contributed by atoms with E-state index in [-0.39, 0.29) is 12.5 Å². The lowest BCUT2D eigenvalue weighted by molar-refractivity contribution is -0.124. The van der Waals surface area contributed by atoms with Gasteiger partial charge in [0.05, 0.1) is 11.9 Å². The molecule has 0 heterocycles. The molecule has 1 amide bonds. The second kappa shape index (κ2) is 6.63. The number of amides is 1. The third kappa shape index (κ3) is 3.83. The molecule has 3 atom stereocenters. The molecule has 1 aromatic carbocycles. The Morgan fingerprint density at radius 3 is 2.50 bits per heavy atom. The third-order valence-corrected chi connectivity index (χ3v) is 6.36. The first-order chi connectivity index (χ1) is 11.3. The van der Waals surface area contributed by atoms with E-state index < -0.39 is 10.0 Å². The molecule has 0 radical (unpaired) electrons. The predicted octanol–water partition coefficient (Wildman–Crippen LogP) is 1.77. The standard InChI is InChI=1S/C17H24N2O4S/c1-19(24(2,21)22)14-5-7-15(8-6-14)23-11-17(20)18-16-10-12-3-4-13(16)9-12/h5-8,12-13,16H,3-4,9-11H2,1-2H3,(H,18,20)/t12-,13-,16+/m0/s1. The third-order valence-electron chi connectivity index (χ3n) is 5.15. The number of benzene rings is 1. The smallest absolute Gasteiger partial charge is 0.258 e. The van der Waals surface area contributed by atoms with Gasteiger partial charge in [0.2, 0.25) is 10.0 Å². The number of hydrogen-bond acceptors (Lipinski definition) is 4. The van der Waals surface area contributed by atoms with Crippen LogP contribution in [0.4, 0.5) is 5.69 Å². The van der Waals surface area contributed by atoms with Crippen molar-refractivity contribution >= 4 is 21.6 Å². The molecule has 0 saturated heterocycles. The van der Waals surface area contributed by atoms with Crippen LogP contribution in [-0.4, -0.2) is 40.3 Å². The minimum absolute atomic E-state index is 0.0187. The van der Waals surface area contributed by atoms with E-state index >= 15 is 0 Å². The molecule has 0 unspecified atom stereocenters. The zero-order valence-corrected chi connectivity index (χ0v) is 14.9. The van der Waals surface area contributed by atoms with Gasteiger partial charge in [0, 0.05) is 13.1 Å². The molecule has 2 aliphatic rings. The van der Waals surface area contributed by atoms with Gasteiger partial charge in [-0.05, 0) is 55.4 Å². The van der Waals surface area contributed by atoms with E-state index in [4.69, 9.17) is 4.74 Å². The summed E-state index contributed by atoms with van der Waals surface area (Å²) < 4.78 is 29.7. The lowest BCUT2D eigenvalue weighted by atomic mass is 9.95. The second-order valence-electron chi connectivity index (χ2n) is 6.86. The number of carbonyl (C=O) groups excluding carboxylic acids is 1. The molecule has 0 aromatic heterocycles. The van der Waals surface area contributed by atoms with Crippen LogP contribution >= 0.6 is 0 Å². The van der Waals surface area contributed by atoms with Gasteiger partial charge < -0.3 is 10.1 Å². The number of nitrogens with zero attached hydrogens (tertiary/aromatic N) is 1. The van der Waals surface area contributed by atoms with Crippen molar-refractivity contribution in [2.45, 2.75) is 31.7 Å². The van der Waals surface area contributed by atoms with Crippen LogP contribution < -0.4 is 14.4 Å². The number of rotatable bonds is 6. The molecule has 0 aliphatic heterocycles. The van der Waals surface area contributed by atoms with Gasteiger partial charge in [0.1, 0.15) is 5.75 Å². The zero-order valence-electron chi connectivity index (χ0n) is 14.1. The largest absolute Gasteiger partial charge is 0.484 e. The fraction of sp³-hybridized carbons (Fsp3) is 0.588. The molecule has 2 bridgehead atoms. The highest BCUT2D eigenvalue weighted by atomic mass is 32.2. The van der Waals surface area contributed by atoms with Crippen LogP contribution in [0, 0.1) is 11.8 Å². The first kappa shape index (κ1) is 17.1. The van der Waals surface area contributed by atoms with Crippen LogP contribution in [0.5, 0.6) is 5.75 Å². The van der Waals surface area contributed by atoms with Crippen molar-refractivity contribution in [3.05, 3.63) is 24.3 Å². The summed E-state index contributed by atoms with van der Waals surface area (Å²) in [6.07, 6.45) is 6.04. The summed E-state index contributed by atoms with van der Waals surface area (Å²) in [7, 11) is -1.79. The summed E-state index contributed by atoms with van der Waals surface area (Å²) in [5.41, 5.74) is 0.552. The van der Waals surface area contributed by atoms with Crippen molar-refractivity contribution in [1.29, 1.82) is 0 Å². The van der Waals surface area contributed by atoms with Crippen molar-refractivity contribution < 1.29 is 17.9 Å². The zero-order chi connectivity index (χ0) is 17.3. The average molecular weight is 352 g/mol. The molecule has 0 spiro atoms. The number of anilines is 1. The van der Waals surface area contributed by atoms with Crippen LogP contribution in [0.25, 0.3) is 0 Å². The molecular formula is C17H24N2O4S. The number of ether oxygens (including phenoxy) is 1. The van der Waals surface area contributed by atoms with E-state index in [0.29, 0.717) is 23.4 Å². The Kier molecular flexibility index (Phi) is 4.71. The Morgan fingerprint density at radius 1 is 1.25 bits per heavy atom. The average Bonchev–Trinajstić information content (AvgIpc) is 3.14. The Bertz CT molecular complexity index is 702. The highest BCUT2D eigenvalue weighted by molar-refractivity contribution is 7.92. The Hall–Kier alpha value is -1.76. The Morgan fingerprint density at radius 2 is 1.96 bits per heavy atom. The van der Waals surface area contributed by atoms with E-state index in [1.54, 1.807) is 24.3 Å². The van der Waals surface area contributed by atoms with Gasteiger partial charge in [0.25, 0.3) is 5.91 Å². The first-order valence-corrected chi connectivity index (χ1v) is 10.1. The second-order valence-corrected chi connectivity index (χ2v) is 8.88. The van der Waals surface area contributed by atoms with Crippen molar-refractivity contribution in [3.8, 4) is 5.75 Å². The summed E-state index contributed by atoms with van der Waals surface area (Å²) in [5, 5.41) is 3.08. The minimum Gasteiger partial charge on any atom is -0.484 e.